The Morgan fingerprint density at radius 2 is 1.70 bits per heavy atom. The van der Waals surface area contributed by atoms with Gasteiger partial charge in [0.1, 0.15) is 11.8 Å². The summed E-state index contributed by atoms with van der Waals surface area (Å²) in [4.78, 5) is 27.5. The zero-order valence-electron chi connectivity index (χ0n) is 17.6. The van der Waals surface area contributed by atoms with Crippen molar-refractivity contribution in [1.82, 2.24) is 4.90 Å². The number of ether oxygens (including phenoxy) is 1. The van der Waals surface area contributed by atoms with Crippen LogP contribution in [0.3, 0.4) is 0 Å². The molecule has 0 saturated carbocycles. The highest BCUT2D eigenvalue weighted by atomic mass is 28.3. The van der Waals surface area contributed by atoms with E-state index in [9.17, 15) is 9.59 Å². The second-order valence-corrected chi connectivity index (χ2v) is 10.3. The van der Waals surface area contributed by atoms with Crippen LogP contribution in [0, 0.1) is 0 Å². The predicted molar refractivity (Wildman–Crippen MR) is 120 cm³/mol. The minimum Gasteiger partial charge on any atom is -0.497 e. The number of nitrogens with zero attached hydrogens (tertiary/aromatic N) is 1. The Morgan fingerprint density at radius 3 is 2.23 bits per heavy atom. The van der Waals surface area contributed by atoms with Crippen LogP contribution in [0.25, 0.3) is 0 Å². The van der Waals surface area contributed by atoms with E-state index in [0.29, 0.717) is 17.0 Å². The number of likely N-dealkylation sites (N-methyl/N-ethyl adjacent to an activating group) is 1. The van der Waals surface area contributed by atoms with E-state index in [1.54, 1.807) is 50.6 Å². The van der Waals surface area contributed by atoms with Gasteiger partial charge in [-0.3, -0.25) is 9.59 Å². The first-order chi connectivity index (χ1) is 14.4. The number of nitrogens with one attached hydrogen (secondary N) is 1. The van der Waals surface area contributed by atoms with Gasteiger partial charge in [0.15, 0.2) is 5.76 Å². The van der Waals surface area contributed by atoms with Crippen molar-refractivity contribution in [2.24, 2.45) is 0 Å². The van der Waals surface area contributed by atoms with Crippen molar-refractivity contribution >= 4 is 31.5 Å². The van der Waals surface area contributed by atoms with E-state index in [0.717, 1.165) is 0 Å². The molecule has 0 radical (unpaired) electrons. The first-order valence-electron chi connectivity index (χ1n) is 9.76. The lowest BCUT2D eigenvalue weighted by Gasteiger charge is -2.27. The molecular formula is C23H26N2O4Si. The maximum absolute atomic E-state index is 13.2. The monoisotopic (exact) mass is 422 g/mol. The number of carbonyl (C=O) groups excluding carboxylic acids is 2. The zero-order chi connectivity index (χ0) is 21.7. The summed E-state index contributed by atoms with van der Waals surface area (Å²) < 4.78 is 10.4. The van der Waals surface area contributed by atoms with E-state index in [1.165, 1.54) is 16.3 Å². The molecule has 7 heteroatoms. The summed E-state index contributed by atoms with van der Waals surface area (Å²) in [6.07, 6.45) is 1.43. The van der Waals surface area contributed by atoms with Crippen molar-refractivity contribution in [1.29, 1.82) is 0 Å². The van der Waals surface area contributed by atoms with E-state index in [-0.39, 0.29) is 17.6 Å². The first kappa shape index (κ1) is 21.4. The third kappa shape index (κ3) is 4.80. The number of amides is 2. The molecule has 0 spiro atoms. The maximum Gasteiger partial charge on any atom is 0.290 e. The summed E-state index contributed by atoms with van der Waals surface area (Å²) in [6.45, 7) is 4.50. The third-order valence-electron chi connectivity index (χ3n) is 4.96. The molecule has 0 bridgehead atoms. The van der Waals surface area contributed by atoms with Gasteiger partial charge in [-0.25, -0.2) is 0 Å². The quantitative estimate of drug-likeness (QED) is 0.592. The third-order valence-corrected chi connectivity index (χ3v) is 6.68. The van der Waals surface area contributed by atoms with Crippen molar-refractivity contribution in [3.05, 3.63) is 78.3 Å². The summed E-state index contributed by atoms with van der Waals surface area (Å²) in [5.74, 6) is 0.163. The van der Waals surface area contributed by atoms with Crippen LogP contribution in [0.5, 0.6) is 5.75 Å². The van der Waals surface area contributed by atoms with Gasteiger partial charge in [-0.1, -0.05) is 42.5 Å². The standard InChI is InChI=1S/C23H26N2O4Si/c1-25(23(27)20-6-5-15-29-20)21(16-7-11-18(28-2)12-8-16)22(26)24-17-9-13-19(14-10-17)30(3)4/h5-15,21,30H,1-4H3,(H,24,26). The molecule has 3 aromatic rings. The molecule has 0 saturated heterocycles. The molecule has 2 amide bonds. The molecule has 1 heterocycles. The van der Waals surface area contributed by atoms with Crippen LogP contribution < -0.4 is 15.2 Å². The lowest BCUT2D eigenvalue weighted by atomic mass is 10.0. The average molecular weight is 423 g/mol. The Labute approximate surface area is 178 Å². The summed E-state index contributed by atoms with van der Waals surface area (Å²) >= 11 is 0. The van der Waals surface area contributed by atoms with Gasteiger partial charge in [0, 0.05) is 12.7 Å². The van der Waals surface area contributed by atoms with E-state index < -0.39 is 14.8 Å². The first-order valence-corrected chi connectivity index (χ1v) is 12.6. The van der Waals surface area contributed by atoms with Gasteiger partial charge in [0.25, 0.3) is 11.8 Å². The number of anilines is 1. The average Bonchev–Trinajstić information content (AvgIpc) is 3.29. The minimum atomic E-state index is -0.908. The Bertz CT molecular complexity index is 983. The highest BCUT2D eigenvalue weighted by molar-refractivity contribution is 6.70. The Morgan fingerprint density at radius 1 is 1.03 bits per heavy atom. The number of hydrogen-bond donors (Lipinski definition) is 1. The highest BCUT2D eigenvalue weighted by Gasteiger charge is 2.30. The fraction of sp³-hybridized carbons (Fsp3) is 0.217. The van der Waals surface area contributed by atoms with Crippen molar-refractivity contribution in [3.8, 4) is 5.75 Å². The fourth-order valence-electron chi connectivity index (χ4n) is 3.19. The Hall–Kier alpha value is -3.32. The van der Waals surface area contributed by atoms with Crippen molar-refractivity contribution in [2.45, 2.75) is 19.1 Å². The summed E-state index contributed by atoms with van der Waals surface area (Å²) in [5.41, 5.74) is 1.36. The minimum absolute atomic E-state index is 0.176. The smallest absolute Gasteiger partial charge is 0.290 e. The van der Waals surface area contributed by atoms with Crippen molar-refractivity contribution in [2.75, 3.05) is 19.5 Å². The van der Waals surface area contributed by atoms with Gasteiger partial charge in [0.05, 0.1) is 22.2 Å². The van der Waals surface area contributed by atoms with Crippen LogP contribution in [0.15, 0.2) is 71.3 Å². The fourth-order valence-corrected chi connectivity index (χ4v) is 4.15. The molecule has 0 fully saturated rings. The highest BCUT2D eigenvalue weighted by Crippen LogP contribution is 2.25. The largest absolute Gasteiger partial charge is 0.497 e. The Balaban J connectivity index is 1.89. The van der Waals surface area contributed by atoms with Crippen LogP contribution in [0.2, 0.25) is 13.1 Å². The van der Waals surface area contributed by atoms with Crippen LogP contribution in [0.1, 0.15) is 22.2 Å². The van der Waals surface area contributed by atoms with Gasteiger partial charge in [-0.15, -0.1) is 0 Å². The molecule has 156 valence electrons. The SMILES string of the molecule is COc1ccc(C(C(=O)Nc2ccc([SiH](C)C)cc2)N(C)C(=O)c2ccco2)cc1. The molecule has 1 N–H and O–H groups in total. The van der Waals surface area contributed by atoms with Crippen LogP contribution in [-0.4, -0.2) is 39.7 Å². The number of carbonyl (C=O) groups is 2. The van der Waals surface area contributed by atoms with Crippen LogP contribution in [-0.2, 0) is 4.79 Å². The summed E-state index contributed by atoms with van der Waals surface area (Å²) in [5, 5.41) is 4.26. The molecule has 3 rings (SSSR count). The summed E-state index contributed by atoms with van der Waals surface area (Å²) in [7, 11) is 2.26. The molecule has 0 aliphatic heterocycles. The van der Waals surface area contributed by atoms with Crippen LogP contribution >= 0.6 is 0 Å². The van der Waals surface area contributed by atoms with E-state index in [1.807, 2.05) is 24.3 Å². The topological polar surface area (TPSA) is 71.8 Å². The number of rotatable bonds is 7. The van der Waals surface area contributed by atoms with Gasteiger partial charge in [-0.05, 0) is 42.0 Å². The maximum atomic E-state index is 13.2. The van der Waals surface area contributed by atoms with Crippen LogP contribution in [0.4, 0.5) is 5.69 Å². The molecule has 2 aromatic carbocycles. The van der Waals surface area contributed by atoms with Crippen molar-refractivity contribution < 1.29 is 18.7 Å². The summed E-state index contributed by atoms with van der Waals surface area (Å²) in [6, 6.07) is 17.4. The second-order valence-electron chi connectivity index (χ2n) is 7.34. The number of furan rings is 1. The van der Waals surface area contributed by atoms with Gasteiger partial charge in [-0.2, -0.15) is 0 Å². The van der Waals surface area contributed by atoms with E-state index in [2.05, 4.69) is 18.4 Å². The molecule has 0 aliphatic carbocycles. The lowest BCUT2D eigenvalue weighted by Crippen LogP contribution is -2.38. The molecule has 0 aliphatic rings. The van der Waals surface area contributed by atoms with Gasteiger partial charge < -0.3 is 19.4 Å². The van der Waals surface area contributed by atoms with Crippen molar-refractivity contribution in [3.63, 3.8) is 0 Å². The lowest BCUT2D eigenvalue weighted by molar-refractivity contribution is -0.120. The van der Waals surface area contributed by atoms with Gasteiger partial charge >= 0.3 is 0 Å². The molecule has 6 nitrogen and oxygen atoms in total. The molecule has 1 atom stereocenters. The molecule has 1 unspecified atom stereocenters. The normalized spacial score (nSPS) is 11.8. The van der Waals surface area contributed by atoms with E-state index >= 15 is 0 Å². The van der Waals surface area contributed by atoms with Gasteiger partial charge in [0.2, 0.25) is 0 Å². The number of benzene rings is 2. The Kier molecular flexibility index (Phi) is 6.74. The number of hydrogen-bond acceptors (Lipinski definition) is 4. The number of methoxy groups -OCH3 is 1. The molecular weight excluding hydrogens is 396 g/mol. The molecule has 30 heavy (non-hydrogen) atoms. The predicted octanol–water partition coefficient (Wildman–Crippen LogP) is 3.43. The zero-order valence-corrected chi connectivity index (χ0v) is 18.7. The molecule has 1 aromatic heterocycles. The second kappa shape index (κ2) is 9.45. The van der Waals surface area contributed by atoms with E-state index in [4.69, 9.17) is 9.15 Å².